The van der Waals surface area contributed by atoms with Gasteiger partial charge in [0, 0.05) is 19.1 Å². The molecule has 0 saturated heterocycles. The van der Waals surface area contributed by atoms with Crippen LogP contribution in [0.25, 0.3) is 0 Å². The first-order chi connectivity index (χ1) is 8.51. The summed E-state index contributed by atoms with van der Waals surface area (Å²) in [6, 6.07) is 0.596. The Kier molecular flexibility index (Phi) is 10.7. The lowest BCUT2D eigenvalue weighted by Gasteiger charge is -2.29. The highest BCUT2D eigenvalue weighted by molar-refractivity contribution is 4.75. The summed E-state index contributed by atoms with van der Waals surface area (Å²) in [6.45, 7) is 15.1. The fourth-order valence-electron chi connectivity index (χ4n) is 1.93. The Hall–Kier alpha value is -0.120. The molecule has 0 aromatic heterocycles. The molecular weight excluding hydrogens is 224 g/mol. The predicted molar refractivity (Wildman–Crippen MR) is 80.1 cm³/mol. The fraction of sp³-hybridized carbons (Fsp3) is 1.00. The van der Waals surface area contributed by atoms with Crippen LogP contribution in [-0.2, 0) is 4.74 Å². The molecule has 110 valence electrons. The number of rotatable bonds is 11. The molecule has 0 amide bonds. The summed E-state index contributed by atoms with van der Waals surface area (Å²) >= 11 is 0. The third-order valence-electron chi connectivity index (χ3n) is 3.42. The molecule has 3 nitrogen and oxygen atoms in total. The summed E-state index contributed by atoms with van der Waals surface area (Å²) in [5, 5.41) is 3.67. The lowest BCUT2D eigenvalue weighted by atomic mass is 9.98. The highest BCUT2D eigenvalue weighted by Gasteiger charge is 2.16. The average molecular weight is 258 g/mol. The highest BCUT2D eigenvalue weighted by Crippen LogP contribution is 2.09. The first-order valence-electron chi connectivity index (χ1n) is 7.54. The van der Waals surface area contributed by atoms with Crippen LogP contribution in [0, 0.1) is 5.92 Å². The maximum Gasteiger partial charge on any atom is 0.0596 e. The van der Waals surface area contributed by atoms with Crippen molar-refractivity contribution in [2.45, 2.75) is 59.6 Å². The second-order valence-corrected chi connectivity index (χ2v) is 5.63. The number of nitrogens with one attached hydrogen (secondary N) is 1. The molecule has 0 spiro atoms. The van der Waals surface area contributed by atoms with Gasteiger partial charge in [0.1, 0.15) is 0 Å². The standard InChI is InChI=1S/C15H34N2O/c1-7-9-16-15(14(5)8-2)12-17(6)10-11-18-13(3)4/h13-16H,7-12H2,1-6H3. The largest absolute Gasteiger partial charge is 0.377 e. The molecule has 1 N–H and O–H groups in total. The van der Waals surface area contributed by atoms with Crippen molar-refractivity contribution in [2.75, 3.05) is 33.3 Å². The molecule has 2 atom stereocenters. The molecule has 18 heavy (non-hydrogen) atoms. The lowest BCUT2D eigenvalue weighted by Crippen LogP contribution is -2.44. The summed E-state index contributed by atoms with van der Waals surface area (Å²) in [7, 11) is 2.19. The predicted octanol–water partition coefficient (Wildman–Crippen LogP) is 2.76. The van der Waals surface area contributed by atoms with Gasteiger partial charge in [-0.15, -0.1) is 0 Å². The average Bonchev–Trinajstić information content (AvgIpc) is 2.32. The second-order valence-electron chi connectivity index (χ2n) is 5.63. The first-order valence-corrected chi connectivity index (χ1v) is 7.54. The summed E-state index contributed by atoms with van der Waals surface area (Å²) in [5.41, 5.74) is 0. The van der Waals surface area contributed by atoms with Crippen LogP contribution in [0.3, 0.4) is 0 Å². The van der Waals surface area contributed by atoms with E-state index in [9.17, 15) is 0 Å². The van der Waals surface area contributed by atoms with Crippen molar-refractivity contribution >= 4 is 0 Å². The van der Waals surface area contributed by atoms with E-state index in [2.05, 4.69) is 51.9 Å². The van der Waals surface area contributed by atoms with Crippen LogP contribution in [0.4, 0.5) is 0 Å². The van der Waals surface area contributed by atoms with Gasteiger partial charge >= 0.3 is 0 Å². The van der Waals surface area contributed by atoms with Crippen LogP contribution >= 0.6 is 0 Å². The van der Waals surface area contributed by atoms with Gasteiger partial charge in [-0.05, 0) is 39.8 Å². The molecule has 0 aliphatic heterocycles. The van der Waals surface area contributed by atoms with E-state index in [1.54, 1.807) is 0 Å². The molecule has 0 saturated carbocycles. The lowest BCUT2D eigenvalue weighted by molar-refractivity contribution is 0.0610. The maximum atomic E-state index is 5.60. The quantitative estimate of drug-likeness (QED) is 0.617. The molecule has 0 aliphatic carbocycles. The van der Waals surface area contributed by atoms with Crippen molar-refractivity contribution in [3.63, 3.8) is 0 Å². The van der Waals surface area contributed by atoms with Gasteiger partial charge in [0.25, 0.3) is 0 Å². The molecule has 0 fully saturated rings. The summed E-state index contributed by atoms with van der Waals surface area (Å²) < 4.78 is 5.60. The molecule has 2 unspecified atom stereocenters. The van der Waals surface area contributed by atoms with E-state index in [0.29, 0.717) is 12.1 Å². The SMILES string of the molecule is CCCNC(CN(C)CCOC(C)C)C(C)CC. The minimum absolute atomic E-state index is 0.335. The molecular formula is C15H34N2O. The van der Waals surface area contributed by atoms with Crippen molar-refractivity contribution in [3.8, 4) is 0 Å². The minimum atomic E-state index is 0.335. The maximum absolute atomic E-state index is 5.60. The third kappa shape index (κ3) is 8.90. The molecule has 0 aliphatic rings. The summed E-state index contributed by atoms with van der Waals surface area (Å²) in [4.78, 5) is 2.38. The first kappa shape index (κ1) is 17.9. The van der Waals surface area contributed by atoms with E-state index >= 15 is 0 Å². The van der Waals surface area contributed by atoms with Gasteiger partial charge in [-0.1, -0.05) is 27.2 Å². The van der Waals surface area contributed by atoms with Gasteiger partial charge in [-0.3, -0.25) is 0 Å². The summed E-state index contributed by atoms with van der Waals surface area (Å²) in [5.74, 6) is 0.727. The molecule has 0 aromatic rings. The second kappa shape index (κ2) is 10.8. The molecule has 0 bridgehead atoms. The normalized spacial score (nSPS) is 15.3. The molecule has 3 heteroatoms. The van der Waals surface area contributed by atoms with Crippen molar-refractivity contribution in [1.82, 2.24) is 10.2 Å². The monoisotopic (exact) mass is 258 g/mol. The van der Waals surface area contributed by atoms with Gasteiger partial charge in [0.05, 0.1) is 12.7 Å². The zero-order chi connectivity index (χ0) is 14.0. The number of hydrogen-bond acceptors (Lipinski definition) is 3. The molecule has 0 rings (SSSR count). The number of nitrogens with zero attached hydrogens (tertiary/aromatic N) is 1. The fourth-order valence-corrected chi connectivity index (χ4v) is 1.93. The van der Waals surface area contributed by atoms with Crippen molar-refractivity contribution < 1.29 is 4.74 Å². The number of hydrogen-bond donors (Lipinski definition) is 1. The Bertz CT molecular complexity index is 185. The van der Waals surface area contributed by atoms with E-state index in [1.165, 1.54) is 12.8 Å². The zero-order valence-corrected chi connectivity index (χ0v) is 13.3. The smallest absolute Gasteiger partial charge is 0.0596 e. The van der Waals surface area contributed by atoms with E-state index in [4.69, 9.17) is 4.74 Å². The molecule has 0 heterocycles. The molecule has 0 radical (unpaired) electrons. The van der Waals surface area contributed by atoms with Gasteiger partial charge in [0.2, 0.25) is 0 Å². The van der Waals surface area contributed by atoms with Gasteiger partial charge in [-0.2, -0.15) is 0 Å². The van der Waals surface area contributed by atoms with E-state index < -0.39 is 0 Å². The van der Waals surface area contributed by atoms with E-state index in [1.807, 2.05) is 0 Å². The van der Waals surface area contributed by atoms with Crippen molar-refractivity contribution in [1.29, 1.82) is 0 Å². The van der Waals surface area contributed by atoms with Crippen LogP contribution in [0.15, 0.2) is 0 Å². The van der Waals surface area contributed by atoms with Crippen LogP contribution in [-0.4, -0.2) is 50.3 Å². The number of ether oxygens (including phenoxy) is 1. The number of likely N-dealkylation sites (N-methyl/N-ethyl adjacent to an activating group) is 1. The van der Waals surface area contributed by atoms with E-state index in [0.717, 1.165) is 32.2 Å². The van der Waals surface area contributed by atoms with Gasteiger partial charge < -0.3 is 15.0 Å². The zero-order valence-electron chi connectivity index (χ0n) is 13.3. The Morgan fingerprint density at radius 1 is 1.17 bits per heavy atom. The van der Waals surface area contributed by atoms with Gasteiger partial charge in [-0.25, -0.2) is 0 Å². The van der Waals surface area contributed by atoms with Crippen LogP contribution in [0.5, 0.6) is 0 Å². The Balaban J connectivity index is 3.97. The summed E-state index contributed by atoms with van der Waals surface area (Å²) in [6.07, 6.45) is 2.77. The van der Waals surface area contributed by atoms with Crippen LogP contribution < -0.4 is 5.32 Å². The Labute approximate surface area is 114 Å². The van der Waals surface area contributed by atoms with Gasteiger partial charge in [0.15, 0.2) is 0 Å². The van der Waals surface area contributed by atoms with Crippen LogP contribution in [0.2, 0.25) is 0 Å². The minimum Gasteiger partial charge on any atom is -0.377 e. The Morgan fingerprint density at radius 2 is 1.83 bits per heavy atom. The highest BCUT2D eigenvalue weighted by atomic mass is 16.5. The topological polar surface area (TPSA) is 24.5 Å². The third-order valence-corrected chi connectivity index (χ3v) is 3.42. The van der Waals surface area contributed by atoms with Crippen molar-refractivity contribution in [3.05, 3.63) is 0 Å². The Morgan fingerprint density at radius 3 is 2.33 bits per heavy atom. The molecule has 0 aromatic carbocycles. The van der Waals surface area contributed by atoms with Crippen LogP contribution in [0.1, 0.15) is 47.5 Å². The van der Waals surface area contributed by atoms with E-state index in [-0.39, 0.29) is 0 Å². The van der Waals surface area contributed by atoms with Crippen molar-refractivity contribution in [2.24, 2.45) is 5.92 Å².